The molecule has 0 aliphatic carbocycles. The lowest BCUT2D eigenvalue weighted by atomic mass is 10.1. The molecule has 72 valence electrons. The predicted molar refractivity (Wildman–Crippen MR) is 74.6 cm³/mol. The van der Waals surface area contributed by atoms with Crippen molar-refractivity contribution in [2.24, 2.45) is 0 Å². The Morgan fingerprint density at radius 2 is 1.86 bits per heavy atom. The zero-order valence-corrected chi connectivity index (χ0v) is 11.7. The smallest absolute Gasteiger partial charge is 0.0934 e. The number of benzene rings is 1. The highest BCUT2D eigenvalue weighted by Gasteiger charge is 2.07. The van der Waals surface area contributed by atoms with Crippen LogP contribution < -0.4 is 5.73 Å². The summed E-state index contributed by atoms with van der Waals surface area (Å²) in [5, 5.41) is 2.07. The maximum atomic E-state index is 5.93. The van der Waals surface area contributed by atoms with E-state index in [9.17, 15) is 0 Å². The van der Waals surface area contributed by atoms with Gasteiger partial charge in [-0.15, -0.1) is 11.3 Å². The van der Waals surface area contributed by atoms with E-state index in [2.05, 4.69) is 68.2 Å². The molecular formula is C10H7BrINS. The molecule has 0 fully saturated rings. The minimum atomic E-state index is 0.830. The molecule has 0 saturated carbocycles. The number of anilines is 1. The van der Waals surface area contributed by atoms with Crippen LogP contribution in [0.1, 0.15) is 0 Å². The molecule has 2 N–H and O–H groups in total. The van der Waals surface area contributed by atoms with E-state index in [1.165, 1.54) is 9.13 Å². The van der Waals surface area contributed by atoms with Gasteiger partial charge in [-0.1, -0.05) is 12.1 Å². The van der Waals surface area contributed by atoms with Crippen LogP contribution in [-0.2, 0) is 0 Å². The van der Waals surface area contributed by atoms with Crippen molar-refractivity contribution in [3.8, 4) is 11.1 Å². The number of rotatable bonds is 1. The lowest BCUT2D eigenvalue weighted by Gasteiger charge is -2.00. The van der Waals surface area contributed by atoms with Crippen molar-refractivity contribution in [3.05, 3.63) is 37.0 Å². The van der Waals surface area contributed by atoms with Gasteiger partial charge in [-0.05, 0) is 56.2 Å². The monoisotopic (exact) mass is 379 g/mol. The number of hydrogen-bond donors (Lipinski definition) is 1. The Hall–Kier alpha value is -0.0700. The predicted octanol–water partition coefficient (Wildman–Crippen LogP) is 4.36. The van der Waals surface area contributed by atoms with E-state index >= 15 is 0 Å². The molecule has 0 aliphatic heterocycles. The molecule has 0 radical (unpaired) electrons. The summed E-state index contributed by atoms with van der Waals surface area (Å²) >= 11 is 7.33. The van der Waals surface area contributed by atoms with Crippen molar-refractivity contribution in [2.75, 3.05) is 5.73 Å². The zero-order valence-electron chi connectivity index (χ0n) is 7.13. The molecule has 1 aromatic heterocycles. The summed E-state index contributed by atoms with van der Waals surface area (Å²) in [7, 11) is 0. The average Bonchev–Trinajstić information content (AvgIpc) is 2.50. The molecule has 2 aromatic rings. The molecule has 0 amide bonds. The largest absolute Gasteiger partial charge is 0.397 e. The molecule has 1 nitrogen and oxygen atoms in total. The Bertz CT molecular complexity index is 450. The van der Waals surface area contributed by atoms with Crippen LogP contribution in [0.2, 0.25) is 0 Å². The maximum absolute atomic E-state index is 5.93. The quantitative estimate of drug-likeness (QED) is 0.731. The van der Waals surface area contributed by atoms with Crippen molar-refractivity contribution in [1.82, 2.24) is 0 Å². The first-order chi connectivity index (χ1) is 6.68. The SMILES string of the molecule is Nc1c(-c2ccc(I)cc2)csc1Br. The van der Waals surface area contributed by atoms with Crippen molar-refractivity contribution in [3.63, 3.8) is 0 Å². The highest BCUT2D eigenvalue weighted by atomic mass is 127. The summed E-state index contributed by atoms with van der Waals surface area (Å²) in [6, 6.07) is 8.35. The van der Waals surface area contributed by atoms with Crippen LogP contribution in [0.15, 0.2) is 33.4 Å². The third-order valence-corrected chi connectivity index (χ3v) is 4.42. The van der Waals surface area contributed by atoms with Crippen molar-refractivity contribution in [1.29, 1.82) is 0 Å². The van der Waals surface area contributed by atoms with E-state index < -0.39 is 0 Å². The highest BCUT2D eigenvalue weighted by Crippen LogP contribution is 2.37. The van der Waals surface area contributed by atoms with Gasteiger partial charge in [0.2, 0.25) is 0 Å². The third kappa shape index (κ3) is 1.97. The van der Waals surface area contributed by atoms with E-state index in [4.69, 9.17) is 5.73 Å². The summed E-state index contributed by atoms with van der Waals surface area (Å²) in [4.78, 5) is 0. The summed E-state index contributed by atoms with van der Waals surface area (Å²) < 4.78 is 2.24. The third-order valence-electron chi connectivity index (χ3n) is 1.94. The first kappa shape index (κ1) is 10.4. The van der Waals surface area contributed by atoms with E-state index in [0.717, 1.165) is 15.0 Å². The van der Waals surface area contributed by atoms with Gasteiger partial charge in [0.05, 0.1) is 9.47 Å². The van der Waals surface area contributed by atoms with Gasteiger partial charge in [0, 0.05) is 14.5 Å². The van der Waals surface area contributed by atoms with Crippen molar-refractivity contribution >= 4 is 55.5 Å². The van der Waals surface area contributed by atoms with E-state index in [-0.39, 0.29) is 0 Å². The lowest BCUT2D eigenvalue weighted by Crippen LogP contribution is -1.85. The fourth-order valence-electron chi connectivity index (χ4n) is 1.20. The van der Waals surface area contributed by atoms with E-state index in [1.54, 1.807) is 11.3 Å². The Morgan fingerprint density at radius 1 is 1.21 bits per heavy atom. The topological polar surface area (TPSA) is 26.0 Å². The Morgan fingerprint density at radius 3 is 2.36 bits per heavy atom. The minimum Gasteiger partial charge on any atom is -0.397 e. The van der Waals surface area contributed by atoms with Crippen LogP contribution in [0.25, 0.3) is 11.1 Å². The molecular weight excluding hydrogens is 373 g/mol. The van der Waals surface area contributed by atoms with Gasteiger partial charge in [-0.2, -0.15) is 0 Å². The molecule has 1 heterocycles. The second-order valence-corrected chi connectivity index (χ2v) is 6.29. The van der Waals surface area contributed by atoms with Crippen LogP contribution >= 0.6 is 49.9 Å². The Labute approximate surface area is 109 Å². The lowest BCUT2D eigenvalue weighted by molar-refractivity contribution is 1.62. The first-order valence-electron chi connectivity index (χ1n) is 3.97. The van der Waals surface area contributed by atoms with Crippen LogP contribution in [0.3, 0.4) is 0 Å². The molecule has 0 bridgehead atoms. The summed E-state index contributed by atoms with van der Waals surface area (Å²) in [6.07, 6.45) is 0. The molecule has 1 aromatic carbocycles. The van der Waals surface area contributed by atoms with Crippen LogP contribution in [0.4, 0.5) is 5.69 Å². The van der Waals surface area contributed by atoms with Crippen LogP contribution in [0.5, 0.6) is 0 Å². The molecule has 14 heavy (non-hydrogen) atoms. The number of hydrogen-bond acceptors (Lipinski definition) is 2. The van der Waals surface area contributed by atoms with Gasteiger partial charge >= 0.3 is 0 Å². The van der Waals surface area contributed by atoms with Crippen molar-refractivity contribution < 1.29 is 0 Å². The molecule has 0 unspecified atom stereocenters. The molecule has 0 aliphatic rings. The number of halogens is 2. The standard InChI is InChI=1S/C10H7BrINS/c11-10-9(13)8(5-14-10)6-1-3-7(12)4-2-6/h1-5H,13H2. The van der Waals surface area contributed by atoms with Crippen LogP contribution in [0, 0.1) is 3.57 Å². The summed E-state index contributed by atoms with van der Waals surface area (Å²) in [6.45, 7) is 0. The van der Waals surface area contributed by atoms with Crippen molar-refractivity contribution in [2.45, 2.75) is 0 Å². The van der Waals surface area contributed by atoms with Gasteiger partial charge in [-0.3, -0.25) is 0 Å². The average molecular weight is 380 g/mol. The van der Waals surface area contributed by atoms with Gasteiger partial charge in [0.25, 0.3) is 0 Å². The second-order valence-electron chi connectivity index (χ2n) is 2.84. The highest BCUT2D eigenvalue weighted by molar-refractivity contribution is 14.1. The van der Waals surface area contributed by atoms with E-state index in [1.807, 2.05) is 0 Å². The number of nitrogens with two attached hydrogens (primary N) is 1. The first-order valence-corrected chi connectivity index (χ1v) is 6.72. The second kappa shape index (κ2) is 4.20. The van der Waals surface area contributed by atoms with Gasteiger partial charge in [0.1, 0.15) is 0 Å². The molecule has 0 atom stereocenters. The minimum absolute atomic E-state index is 0.830. The normalized spacial score (nSPS) is 10.4. The molecule has 0 spiro atoms. The van der Waals surface area contributed by atoms with Gasteiger partial charge in [-0.25, -0.2) is 0 Å². The van der Waals surface area contributed by atoms with Gasteiger partial charge in [0.15, 0.2) is 0 Å². The zero-order chi connectivity index (χ0) is 10.1. The molecule has 4 heteroatoms. The number of thiophene rings is 1. The number of nitrogen functional groups attached to an aromatic ring is 1. The molecule has 2 rings (SSSR count). The molecule has 0 saturated heterocycles. The summed E-state index contributed by atoms with van der Waals surface area (Å²) in [5.74, 6) is 0. The Kier molecular flexibility index (Phi) is 3.14. The van der Waals surface area contributed by atoms with E-state index in [0.29, 0.717) is 0 Å². The fourth-order valence-corrected chi connectivity index (χ4v) is 2.77. The fraction of sp³-hybridized carbons (Fsp3) is 0. The van der Waals surface area contributed by atoms with Gasteiger partial charge < -0.3 is 5.73 Å². The Balaban J connectivity index is 2.49. The maximum Gasteiger partial charge on any atom is 0.0934 e. The van der Waals surface area contributed by atoms with Crippen LogP contribution in [-0.4, -0.2) is 0 Å². The summed E-state index contributed by atoms with van der Waals surface area (Å²) in [5.41, 5.74) is 9.04.